The van der Waals surface area contributed by atoms with Gasteiger partial charge in [-0.2, -0.15) is 0 Å². The summed E-state index contributed by atoms with van der Waals surface area (Å²) < 4.78 is 4.56. The Hall–Kier alpha value is -0.900. The SMILES string of the molecule is CCCCNCc1nonc1C. The molecule has 0 aromatic carbocycles. The lowest BCUT2D eigenvalue weighted by Crippen LogP contribution is -2.15. The fourth-order valence-corrected chi connectivity index (χ4v) is 0.918. The predicted molar refractivity (Wildman–Crippen MR) is 45.6 cm³/mol. The van der Waals surface area contributed by atoms with Crippen LogP contribution in [0.5, 0.6) is 0 Å². The molecule has 0 radical (unpaired) electrons. The molecule has 0 aliphatic heterocycles. The van der Waals surface area contributed by atoms with Gasteiger partial charge in [0.05, 0.1) is 0 Å². The van der Waals surface area contributed by atoms with Gasteiger partial charge >= 0.3 is 0 Å². The van der Waals surface area contributed by atoms with Gasteiger partial charge in [-0.15, -0.1) is 0 Å². The summed E-state index contributed by atoms with van der Waals surface area (Å²) in [4.78, 5) is 0. The third kappa shape index (κ3) is 2.62. The standard InChI is InChI=1S/C8H15N3O/c1-3-4-5-9-6-8-7(2)10-12-11-8/h9H,3-6H2,1-2H3. The number of nitrogens with zero attached hydrogens (tertiary/aromatic N) is 2. The molecule has 0 amide bonds. The van der Waals surface area contributed by atoms with Crippen LogP contribution in [-0.2, 0) is 6.54 Å². The first-order chi connectivity index (χ1) is 5.84. The summed E-state index contributed by atoms with van der Waals surface area (Å²) in [6.07, 6.45) is 2.41. The van der Waals surface area contributed by atoms with Crippen molar-refractivity contribution in [3.05, 3.63) is 11.4 Å². The summed E-state index contributed by atoms with van der Waals surface area (Å²) in [7, 11) is 0. The molecule has 0 saturated heterocycles. The van der Waals surface area contributed by atoms with Crippen molar-refractivity contribution in [3.63, 3.8) is 0 Å². The fourth-order valence-electron chi connectivity index (χ4n) is 0.918. The van der Waals surface area contributed by atoms with E-state index in [1.807, 2.05) is 6.92 Å². The molecule has 68 valence electrons. The summed E-state index contributed by atoms with van der Waals surface area (Å²) >= 11 is 0. The van der Waals surface area contributed by atoms with Crippen molar-refractivity contribution in [2.75, 3.05) is 6.54 Å². The highest BCUT2D eigenvalue weighted by atomic mass is 16.6. The zero-order valence-corrected chi connectivity index (χ0v) is 7.63. The van der Waals surface area contributed by atoms with E-state index >= 15 is 0 Å². The molecule has 1 heterocycles. The van der Waals surface area contributed by atoms with Crippen LogP contribution < -0.4 is 5.32 Å². The topological polar surface area (TPSA) is 51.0 Å². The van der Waals surface area contributed by atoms with Crippen molar-refractivity contribution in [2.24, 2.45) is 0 Å². The summed E-state index contributed by atoms with van der Waals surface area (Å²) in [6.45, 7) is 5.86. The van der Waals surface area contributed by atoms with Gasteiger partial charge in [0.2, 0.25) is 0 Å². The molecule has 1 aromatic heterocycles. The first-order valence-corrected chi connectivity index (χ1v) is 4.33. The van der Waals surface area contributed by atoms with E-state index in [2.05, 4.69) is 27.2 Å². The molecule has 0 spiro atoms. The highest BCUT2D eigenvalue weighted by molar-refractivity contribution is 5.03. The molecule has 0 aliphatic rings. The van der Waals surface area contributed by atoms with Crippen LogP contribution in [0.4, 0.5) is 0 Å². The molecule has 1 rings (SSSR count). The third-order valence-electron chi connectivity index (χ3n) is 1.75. The van der Waals surface area contributed by atoms with Gasteiger partial charge in [-0.25, -0.2) is 4.63 Å². The van der Waals surface area contributed by atoms with Gasteiger partial charge in [0.15, 0.2) is 0 Å². The molecule has 0 atom stereocenters. The minimum atomic E-state index is 0.759. The van der Waals surface area contributed by atoms with Crippen LogP contribution in [0.15, 0.2) is 4.63 Å². The summed E-state index contributed by atoms with van der Waals surface area (Å²) in [5.74, 6) is 0. The van der Waals surface area contributed by atoms with E-state index in [0.29, 0.717) is 0 Å². The quantitative estimate of drug-likeness (QED) is 0.674. The summed E-state index contributed by atoms with van der Waals surface area (Å²) in [5.41, 5.74) is 1.78. The Morgan fingerprint density at radius 1 is 1.42 bits per heavy atom. The maximum Gasteiger partial charge on any atom is 0.121 e. The van der Waals surface area contributed by atoms with E-state index in [9.17, 15) is 0 Å². The van der Waals surface area contributed by atoms with Crippen LogP contribution in [-0.4, -0.2) is 16.9 Å². The molecule has 0 bridgehead atoms. The van der Waals surface area contributed by atoms with Crippen LogP contribution in [0.3, 0.4) is 0 Å². The van der Waals surface area contributed by atoms with E-state index in [4.69, 9.17) is 0 Å². The van der Waals surface area contributed by atoms with Crippen LogP contribution >= 0.6 is 0 Å². The monoisotopic (exact) mass is 169 g/mol. The van der Waals surface area contributed by atoms with E-state index in [1.165, 1.54) is 12.8 Å². The third-order valence-corrected chi connectivity index (χ3v) is 1.75. The lowest BCUT2D eigenvalue weighted by molar-refractivity contribution is 0.300. The minimum Gasteiger partial charge on any atom is -0.311 e. The van der Waals surface area contributed by atoms with Crippen molar-refractivity contribution in [2.45, 2.75) is 33.2 Å². The molecule has 1 aromatic rings. The first-order valence-electron chi connectivity index (χ1n) is 4.33. The van der Waals surface area contributed by atoms with Crippen molar-refractivity contribution >= 4 is 0 Å². The Labute approximate surface area is 72.3 Å². The normalized spacial score (nSPS) is 10.5. The lowest BCUT2D eigenvalue weighted by atomic mass is 10.3. The number of rotatable bonds is 5. The molecule has 12 heavy (non-hydrogen) atoms. The van der Waals surface area contributed by atoms with Crippen molar-refractivity contribution in [3.8, 4) is 0 Å². The minimum absolute atomic E-state index is 0.759. The van der Waals surface area contributed by atoms with Gasteiger partial charge in [-0.3, -0.25) is 0 Å². The number of hydrogen-bond acceptors (Lipinski definition) is 4. The zero-order valence-electron chi connectivity index (χ0n) is 7.63. The molecule has 0 aliphatic carbocycles. The molecule has 0 unspecified atom stereocenters. The fraction of sp³-hybridized carbons (Fsp3) is 0.750. The van der Waals surface area contributed by atoms with Crippen LogP contribution in [0, 0.1) is 6.92 Å². The maximum absolute atomic E-state index is 4.56. The number of hydrogen-bond donors (Lipinski definition) is 1. The van der Waals surface area contributed by atoms with Crippen molar-refractivity contribution < 1.29 is 4.63 Å². The predicted octanol–water partition coefficient (Wildman–Crippen LogP) is 1.27. The second kappa shape index (κ2) is 4.87. The Kier molecular flexibility index (Phi) is 3.73. The van der Waals surface area contributed by atoms with Crippen LogP contribution in [0.25, 0.3) is 0 Å². The molecule has 1 N–H and O–H groups in total. The number of nitrogens with one attached hydrogen (secondary N) is 1. The Morgan fingerprint density at radius 3 is 2.83 bits per heavy atom. The van der Waals surface area contributed by atoms with Gasteiger partial charge in [0.1, 0.15) is 11.4 Å². The van der Waals surface area contributed by atoms with Crippen molar-refractivity contribution in [1.82, 2.24) is 15.6 Å². The summed E-state index contributed by atoms with van der Waals surface area (Å²) in [5, 5.41) is 10.7. The maximum atomic E-state index is 4.56. The molecule has 0 fully saturated rings. The van der Waals surface area contributed by atoms with Gasteiger partial charge in [0, 0.05) is 6.54 Å². The molecule has 4 heteroatoms. The zero-order chi connectivity index (χ0) is 8.81. The number of unbranched alkanes of at least 4 members (excludes halogenated alkanes) is 1. The van der Waals surface area contributed by atoms with E-state index in [0.717, 1.165) is 24.5 Å². The number of aromatic nitrogens is 2. The molecular formula is C8H15N3O. The highest BCUT2D eigenvalue weighted by Gasteiger charge is 2.02. The number of aryl methyl sites for hydroxylation is 1. The largest absolute Gasteiger partial charge is 0.311 e. The van der Waals surface area contributed by atoms with Crippen LogP contribution in [0.2, 0.25) is 0 Å². The first kappa shape index (κ1) is 9.19. The average molecular weight is 169 g/mol. The second-order valence-electron chi connectivity index (χ2n) is 2.83. The Bertz CT molecular complexity index is 222. The van der Waals surface area contributed by atoms with E-state index in [-0.39, 0.29) is 0 Å². The summed E-state index contributed by atoms with van der Waals surface area (Å²) in [6, 6.07) is 0. The second-order valence-corrected chi connectivity index (χ2v) is 2.83. The van der Waals surface area contributed by atoms with E-state index < -0.39 is 0 Å². The Morgan fingerprint density at radius 2 is 2.25 bits per heavy atom. The lowest BCUT2D eigenvalue weighted by Gasteiger charge is -1.99. The van der Waals surface area contributed by atoms with E-state index in [1.54, 1.807) is 0 Å². The Balaban J connectivity index is 2.20. The van der Waals surface area contributed by atoms with Gasteiger partial charge < -0.3 is 5.32 Å². The smallest absolute Gasteiger partial charge is 0.121 e. The molecular weight excluding hydrogens is 154 g/mol. The van der Waals surface area contributed by atoms with Crippen molar-refractivity contribution in [1.29, 1.82) is 0 Å². The van der Waals surface area contributed by atoms with Gasteiger partial charge in [0.25, 0.3) is 0 Å². The van der Waals surface area contributed by atoms with Gasteiger partial charge in [-0.05, 0) is 19.9 Å². The molecule has 4 nitrogen and oxygen atoms in total. The van der Waals surface area contributed by atoms with Gasteiger partial charge in [-0.1, -0.05) is 23.7 Å². The van der Waals surface area contributed by atoms with Crippen LogP contribution in [0.1, 0.15) is 31.2 Å². The highest BCUT2D eigenvalue weighted by Crippen LogP contribution is 1.98. The average Bonchev–Trinajstić information content (AvgIpc) is 2.46. The molecule has 0 saturated carbocycles.